The summed E-state index contributed by atoms with van der Waals surface area (Å²) in [5.41, 5.74) is 8.17. The summed E-state index contributed by atoms with van der Waals surface area (Å²) in [7, 11) is 0. The van der Waals surface area contributed by atoms with Crippen LogP contribution in [0.2, 0.25) is 0 Å². The molecule has 11 nitrogen and oxygen atoms in total. The Morgan fingerprint density at radius 1 is 1.11 bits per heavy atom. The van der Waals surface area contributed by atoms with Gasteiger partial charge in [-0.25, -0.2) is 14.1 Å². The molecule has 1 unspecified atom stereocenters. The highest BCUT2D eigenvalue weighted by Gasteiger charge is 2.31. The first kappa shape index (κ1) is 23.0. The van der Waals surface area contributed by atoms with E-state index in [0.717, 1.165) is 12.1 Å². The molecule has 1 amide bonds. The van der Waals surface area contributed by atoms with E-state index in [9.17, 15) is 9.18 Å². The molecule has 190 valence electrons. The van der Waals surface area contributed by atoms with Crippen LogP contribution in [0.4, 0.5) is 16.0 Å². The second-order valence-corrected chi connectivity index (χ2v) is 9.04. The quantitative estimate of drug-likeness (QED) is 0.375. The van der Waals surface area contributed by atoms with Gasteiger partial charge >= 0.3 is 0 Å². The summed E-state index contributed by atoms with van der Waals surface area (Å²) in [5, 5.41) is 9.64. The van der Waals surface area contributed by atoms with E-state index < -0.39 is 6.04 Å². The van der Waals surface area contributed by atoms with Crippen molar-refractivity contribution in [3.05, 3.63) is 54.7 Å². The highest BCUT2D eigenvalue weighted by molar-refractivity contribution is 5.92. The lowest BCUT2D eigenvalue weighted by Crippen LogP contribution is -2.50. The van der Waals surface area contributed by atoms with Gasteiger partial charge in [0.15, 0.2) is 17.1 Å². The molecule has 4 aromatic heterocycles. The minimum Gasteiger partial charge on any atom is -0.461 e. The molecule has 1 saturated heterocycles. The zero-order valence-electron chi connectivity index (χ0n) is 20.3. The Morgan fingerprint density at radius 3 is 2.59 bits per heavy atom. The molecule has 1 aliphatic heterocycles. The molecular formula is C25H26FN9O2. The number of halogens is 1. The molecule has 5 heterocycles. The number of anilines is 2. The topological polar surface area (TPSA) is 124 Å². The predicted molar refractivity (Wildman–Crippen MR) is 135 cm³/mol. The Morgan fingerprint density at radius 2 is 1.89 bits per heavy atom. The number of fused-ring (bicyclic) bond motifs is 3. The highest BCUT2D eigenvalue weighted by atomic mass is 19.1. The summed E-state index contributed by atoms with van der Waals surface area (Å²) >= 11 is 0. The minimum absolute atomic E-state index is 0.0106. The fraction of sp³-hybridized carbons (Fsp3) is 0.320. The van der Waals surface area contributed by atoms with Crippen LogP contribution in [0.1, 0.15) is 25.8 Å². The molecule has 2 N–H and O–H groups in total. The van der Waals surface area contributed by atoms with Crippen LogP contribution in [-0.4, -0.2) is 66.3 Å². The van der Waals surface area contributed by atoms with Gasteiger partial charge in [0.1, 0.15) is 11.9 Å². The average Bonchev–Trinajstić information content (AvgIpc) is 3.67. The SMILES string of the molecule is CCCC(C(=O)N1CCN(c2ccc(F)cc2)CC1)n1ncc2c1nc(N)n1nc(-c3ccco3)nc21. The van der Waals surface area contributed by atoms with Crippen molar-refractivity contribution in [1.82, 2.24) is 34.3 Å². The van der Waals surface area contributed by atoms with Gasteiger partial charge < -0.3 is 20.0 Å². The Hall–Kier alpha value is -4.48. The zero-order valence-corrected chi connectivity index (χ0v) is 20.3. The number of nitrogen functional groups attached to an aromatic ring is 1. The van der Waals surface area contributed by atoms with Gasteiger partial charge in [0.25, 0.3) is 0 Å². The summed E-state index contributed by atoms with van der Waals surface area (Å²) in [6, 6.07) is 9.44. The van der Waals surface area contributed by atoms with Crippen LogP contribution in [0, 0.1) is 5.82 Å². The standard InChI is InChI=1S/C25H26FN9O2/c1-2-4-19(24(36)33-12-10-32(11-13-33)17-8-6-16(26)7-9-17)34-23-18(15-28-34)22-29-21(20-5-3-14-37-20)31-35(22)25(27)30-23/h3,5-9,14-15,19H,2,4,10-13H2,1H3,(H2,27,30). The molecule has 37 heavy (non-hydrogen) atoms. The Labute approximate surface area is 211 Å². The molecule has 0 aliphatic carbocycles. The normalized spacial score (nSPS) is 15.1. The second-order valence-electron chi connectivity index (χ2n) is 9.04. The van der Waals surface area contributed by atoms with Crippen molar-refractivity contribution in [2.24, 2.45) is 0 Å². The number of hydrogen-bond acceptors (Lipinski definition) is 8. The van der Waals surface area contributed by atoms with Gasteiger partial charge in [-0.15, -0.1) is 5.10 Å². The number of amides is 1. The van der Waals surface area contributed by atoms with Gasteiger partial charge in [0, 0.05) is 31.9 Å². The molecule has 0 spiro atoms. The smallest absolute Gasteiger partial charge is 0.247 e. The molecule has 12 heteroatoms. The van der Waals surface area contributed by atoms with E-state index in [1.165, 1.54) is 16.6 Å². The first-order valence-corrected chi connectivity index (χ1v) is 12.3. The van der Waals surface area contributed by atoms with Gasteiger partial charge in [-0.2, -0.15) is 14.6 Å². The van der Waals surface area contributed by atoms with Gasteiger partial charge in [0.05, 0.1) is 17.8 Å². The third kappa shape index (κ3) is 4.03. The largest absolute Gasteiger partial charge is 0.461 e. The van der Waals surface area contributed by atoms with E-state index in [1.807, 2.05) is 11.8 Å². The lowest BCUT2D eigenvalue weighted by Gasteiger charge is -2.37. The monoisotopic (exact) mass is 503 g/mol. The molecule has 0 saturated carbocycles. The van der Waals surface area contributed by atoms with Crippen molar-refractivity contribution < 1.29 is 13.6 Å². The summed E-state index contributed by atoms with van der Waals surface area (Å²) < 4.78 is 21.8. The van der Waals surface area contributed by atoms with E-state index in [1.54, 1.807) is 41.4 Å². The fourth-order valence-electron chi connectivity index (χ4n) is 4.84. The first-order valence-electron chi connectivity index (χ1n) is 12.3. The lowest BCUT2D eigenvalue weighted by atomic mass is 10.1. The molecule has 1 fully saturated rings. The number of aromatic nitrogens is 6. The maximum atomic E-state index is 13.7. The number of rotatable bonds is 6. The molecular weight excluding hydrogens is 477 g/mol. The van der Waals surface area contributed by atoms with Crippen LogP contribution in [0.15, 0.2) is 53.3 Å². The van der Waals surface area contributed by atoms with Crippen molar-refractivity contribution in [2.45, 2.75) is 25.8 Å². The molecule has 5 aromatic rings. The fourth-order valence-corrected chi connectivity index (χ4v) is 4.84. The third-order valence-electron chi connectivity index (χ3n) is 6.72. The molecule has 1 aromatic carbocycles. The first-order chi connectivity index (χ1) is 18.0. The van der Waals surface area contributed by atoms with E-state index in [2.05, 4.69) is 25.1 Å². The number of benzene rings is 1. The van der Waals surface area contributed by atoms with Crippen LogP contribution < -0.4 is 10.6 Å². The van der Waals surface area contributed by atoms with Crippen LogP contribution in [0.5, 0.6) is 0 Å². The van der Waals surface area contributed by atoms with Crippen molar-refractivity contribution >= 4 is 34.2 Å². The average molecular weight is 504 g/mol. The van der Waals surface area contributed by atoms with Crippen LogP contribution in [-0.2, 0) is 4.79 Å². The van der Waals surface area contributed by atoms with E-state index >= 15 is 0 Å². The number of carbonyl (C=O) groups is 1. The van der Waals surface area contributed by atoms with Gasteiger partial charge in [-0.3, -0.25) is 4.79 Å². The molecule has 0 bridgehead atoms. The number of carbonyl (C=O) groups excluding carboxylic acids is 1. The molecule has 1 aliphatic rings. The van der Waals surface area contributed by atoms with Gasteiger partial charge in [0.2, 0.25) is 17.7 Å². The molecule has 0 radical (unpaired) electrons. The molecule has 1 atom stereocenters. The minimum atomic E-state index is -0.526. The lowest BCUT2D eigenvalue weighted by molar-refractivity contribution is -0.135. The number of nitrogens with zero attached hydrogens (tertiary/aromatic N) is 8. The number of furan rings is 1. The van der Waals surface area contributed by atoms with E-state index in [-0.39, 0.29) is 17.7 Å². The van der Waals surface area contributed by atoms with Crippen molar-refractivity contribution in [1.29, 1.82) is 0 Å². The van der Waals surface area contributed by atoms with Crippen LogP contribution in [0.3, 0.4) is 0 Å². The number of hydrogen-bond donors (Lipinski definition) is 1. The van der Waals surface area contributed by atoms with Crippen LogP contribution in [0.25, 0.3) is 28.3 Å². The van der Waals surface area contributed by atoms with Gasteiger partial charge in [-0.1, -0.05) is 13.3 Å². The van der Waals surface area contributed by atoms with Crippen molar-refractivity contribution in [3.8, 4) is 11.6 Å². The third-order valence-corrected chi connectivity index (χ3v) is 6.72. The summed E-state index contributed by atoms with van der Waals surface area (Å²) in [6.07, 6.45) is 4.60. The summed E-state index contributed by atoms with van der Waals surface area (Å²) in [5.74, 6) is 0.774. The van der Waals surface area contributed by atoms with Crippen LogP contribution >= 0.6 is 0 Å². The van der Waals surface area contributed by atoms with Gasteiger partial charge in [-0.05, 0) is 42.8 Å². The number of nitrogens with two attached hydrogens (primary N) is 1. The van der Waals surface area contributed by atoms with Crippen molar-refractivity contribution in [3.63, 3.8) is 0 Å². The van der Waals surface area contributed by atoms with Crippen molar-refractivity contribution in [2.75, 3.05) is 36.8 Å². The second kappa shape index (κ2) is 9.19. The number of piperazine rings is 1. The maximum Gasteiger partial charge on any atom is 0.247 e. The summed E-state index contributed by atoms with van der Waals surface area (Å²) in [4.78, 5) is 26.9. The Kier molecular flexibility index (Phi) is 5.70. The van der Waals surface area contributed by atoms with E-state index in [4.69, 9.17) is 10.2 Å². The Bertz CT molecular complexity index is 1550. The Balaban J connectivity index is 1.29. The maximum absolute atomic E-state index is 13.7. The zero-order chi connectivity index (χ0) is 25.5. The molecule has 6 rings (SSSR count). The highest BCUT2D eigenvalue weighted by Crippen LogP contribution is 2.28. The summed E-state index contributed by atoms with van der Waals surface area (Å²) in [6.45, 7) is 4.49. The van der Waals surface area contributed by atoms with E-state index in [0.29, 0.717) is 60.9 Å². The predicted octanol–water partition coefficient (Wildman–Crippen LogP) is 3.15.